The number of carbonyl (C=O) groups excluding carboxylic acids is 1. The van der Waals surface area contributed by atoms with Gasteiger partial charge in [-0.05, 0) is 31.2 Å². The maximum absolute atomic E-state index is 13.6. The van der Waals surface area contributed by atoms with Crippen LogP contribution in [0.25, 0.3) is 0 Å². The third kappa shape index (κ3) is 2.94. The van der Waals surface area contributed by atoms with Crippen LogP contribution in [-0.4, -0.2) is 11.0 Å². The average molecular weight is 292 g/mol. The van der Waals surface area contributed by atoms with Crippen LogP contribution in [0, 0.1) is 11.6 Å². The van der Waals surface area contributed by atoms with E-state index >= 15 is 0 Å². The first-order valence-electron chi connectivity index (χ1n) is 6.24. The first-order chi connectivity index (χ1) is 9.91. The molecule has 4 nitrogen and oxygen atoms in total. The lowest BCUT2D eigenvalue weighted by Crippen LogP contribution is -2.28. The lowest BCUT2D eigenvalue weighted by atomic mass is 10.1. The van der Waals surface area contributed by atoms with Crippen molar-refractivity contribution in [3.8, 4) is 5.75 Å². The maximum atomic E-state index is 13.6. The number of carbonyl (C=O) groups is 1. The van der Waals surface area contributed by atoms with Gasteiger partial charge in [0.05, 0.1) is 17.3 Å². The minimum atomic E-state index is -0.903. The first kappa shape index (κ1) is 14.8. The third-order valence-electron chi connectivity index (χ3n) is 3.09. The SMILES string of the molecule is CC(NC(=O)c1cccc(N)c1O)c1c(F)cccc1F. The number of phenolic OH excluding ortho intramolecular Hbond substituents is 1. The van der Waals surface area contributed by atoms with Gasteiger partial charge in [0, 0.05) is 5.56 Å². The van der Waals surface area contributed by atoms with Crippen LogP contribution >= 0.6 is 0 Å². The molecule has 1 unspecified atom stereocenters. The molecule has 2 aromatic rings. The molecule has 0 saturated carbocycles. The van der Waals surface area contributed by atoms with Crippen molar-refractivity contribution in [3.63, 3.8) is 0 Å². The molecule has 6 heteroatoms. The van der Waals surface area contributed by atoms with Crippen molar-refractivity contribution in [2.75, 3.05) is 5.73 Å². The molecule has 0 aliphatic rings. The number of rotatable bonds is 3. The zero-order chi connectivity index (χ0) is 15.6. The van der Waals surface area contributed by atoms with Gasteiger partial charge in [-0.1, -0.05) is 12.1 Å². The Kier molecular flexibility index (Phi) is 4.07. The summed E-state index contributed by atoms with van der Waals surface area (Å²) in [6.45, 7) is 1.45. The van der Waals surface area contributed by atoms with E-state index in [1.54, 1.807) is 0 Å². The van der Waals surface area contributed by atoms with Gasteiger partial charge in [0.1, 0.15) is 11.6 Å². The fourth-order valence-electron chi connectivity index (χ4n) is 2.02. The second-order valence-corrected chi connectivity index (χ2v) is 4.57. The number of nitrogen functional groups attached to an aromatic ring is 1. The van der Waals surface area contributed by atoms with Gasteiger partial charge in [0.2, 0.25) is 0 Å². The van der Waals surface area contributed by atoms with Gasteiger partial charge in [-0.3, -0.25) is 4.79 Å². The number of benzene rings is 2. The summed E-state index contributed by atoms with van der Waals surface area (Å²) in [5, 5.41) is 12.2. The van der Waals surface area contributed by atoms with E-state index in [2.05, 4.69) is 5.32 Å². The van der Waals surface area contributed by atoms with Crippen LogP contribution in [0.4, 0.5) is 14.5 Å². The zero-order valence-electron chi connectivity index (χ0n) is 11.2. The highest BCUT2D eigenvalue weighted by Crippen LogP contribution is 2.26. The fraction of sp³-hybridized carbons (Fsp3) is 0.133. The average Bonchev–Trinajstić information content (AvgIpc) is 2.41. The van der Waals surface area contributed by atoms with Gasteiger partial charge >= 0.3 is 0 Å². The molecular weight excluding hydrogens is 278 g/mol. The van der Waals surface area contributed by atoms with E-state index in [9.17, 15) is 18.7 Å². The number of phenols is 1. The summed E-state index contributed by atoms with van der Waals surface area (Å²) < 4.78 is 27.3. The van der Waals surface area contributed by atoms with Crippen LogP contribution in [0.15, 0.2) is 36.4 Å². The summed E-state index contributed by atoms with van der Waals surface area (Å²) in [5.74, 6) is -2.54. The molecule has 0 aromatic heterocycles. The second kappa shape index (κ2) is 5.78. The number of hydrogen-bond donors (Lipinski definition) is 3. The van der Waals surface area contributed by atoms with E-state index in [0.717, 1.165) is 12.1 Å². The van der Waals surface area contributed by atoms with Crippen molar-refractivity contribution in [1.82, 2.24) is 5.32 Å². The molecule has 0 fully saturated rings. The van der Waals surface area contributed by atoms with Crippen molar-refractivity contribution in [3.05, 3.63) is 59.2 Å². The summed E-state index contributed by atoms with van der Waals surface area (Å²) in [6, 6.07) is 6.86. The number of halogens is 2. The van der Waals surface area contributed by atoms with Crippen LogP contribution in [0.1, 0.15) is 28.9 Å². The molecule has 2 aromatic carbocycles. The molecule has 0 spiro atoms. The van der Waals surface area contributed by atoms with Crippen LogP contribution in [-0.2, 0) is 0 Å². The number of anilines is 1. The number of hydrogen-bond acceptors (Lipinski definition) is 3. The van der Waals surface area contributed by atoms with Crippen LogP contribution in [0.5, 0.6) is 5.75 Å². The van der Waals surface area contributed by atoms with Crippen LogP contribution in [0.2, 0.25) is 0 Å². The Bertz CT molecular complexity index is 669. The van der Waals surface area contributed by atoms with Gasteiger partial charge in [0.25, 0.3) is 5.91 Å². The van der Waals surface area contributed by atoms with Crippen molar-refractivity contribution < 1.29 is 18.7 Å². The van der Waals surface area contributed by atoms with Crippen molar-refractivity contribution >= 4 is 11.6 Å². The minimum Gasteiger partial charge on any atom is -0.505 e. The molecule has 1 atom stereocenters. The number of nitrogens with one attached hydrogen (secondary N) is 1. The molecule has 0 heterocycles. The lowest BCUT2D eigenvalue weighted by Gasteiger charge is -2.16. The monoisotopic (exact) mass is 292 g/mol. The molecule has 0 aliphatic heterocycles. The zero-order valence-corrected chi connectivity index (χ0v) is 11.2. The largest absolute Gasteiger partial charge is 0.505 e. The van der Waals surface area contributed by atoms with Gasteiger partial charge in [-0.25, -0.2) is 8.78 Å². The van der Waals surface area contributed by atoms with Crippen molar-refractivity contribution in [2.45, 2.75) is 13.0 Å². The molecular formula is C15H14F2N2O2. The number of para-hydroxylation sites is 1. The molecule has 0 aliphatic carbocycles. The maximum Gasteiger partial charge on any atom is 0.255 e. The molecule has 0 saturated heterocycles. The summed E-state index contributed by atoms with van der Waals surface area (Å²) in [5.41, 5.74) is 5.25. The quantitative estimate of drug-likeness (QED) is 0.601. The molecule has 110 valence electrons. The highest BCUT2D eigenvalue weighted by atomic mass is 19.1. The Morgan fingerprint density at radius 1 is 1.19 bits per heavy atom. The van der Waals surface area contributed by atoms with Crippen LogP contribution in [0.3, 0.4) is 0 Å². The van der Waals surface area contributed by atoms with E-state index in [1.807, 2.05) is 0 Å². The minimum absolute atomic E-state index is 0.0485. The van der Waals surface area contributed by atoms with E-state index in [1.165, 1.54) is 31.2 Å². The fourth-order valence-corrected chi connectivity index (χ4v) is 2.02. The summed E-state index contributed by atoms with van der Waals surface area (Å²) >= 11 is 0. The number of amides is 1. The second-order valence-electron chi connectivity index (χ2n) is 4.57. The third-order valence-corrected chi connectivity index (χ3v) is 3.09. The van der Waals surface area contributed by atoms with E-state index in [-0.39, 0.29) is 22.6 Å². The predicted molar refractivity (Wildman–Crippen MR) is 74.8 cm³/mol. The van der Waals surface area contributed by atoms with Gasteiger partial charge in [-0.2, -0.15) is 0 Å². The van der Waals surface area contributed by atoms with Gasteiger partial charge < -0.3 is 16.2 Å². The lowest BCUT2D eigenvalue weighted by molar-refractivity contribution is 0.0936. The van der Waals surface area contributed by atoms with Gasteiger partial charge in [-0.15, -0.1) is 0 Å². The topological polar surface area (TPSA) is 75.4 Å². The number of aromatic hydroxyl groups is 1. The normalized spacial score (nSPS) is 12.0. The van der Waals surface area contributed by atoms with Crippen molar-refractivity contribution in [1.29, 1.82) is 0 Å². The Labute approximate surface area is 120 Å². The molecule has 21 heavy (non-hydrogen) atoms. The van der Waals surface area contributed by atoms with E-state index in [0.29, 0.717) is 0 Å². The molecule has 1 amide bonds. The highest BCUT2D eigenvalue weighted by molar-refractivity contribution is 5.98. The summed E-state index contributed by atoms with van der Waals surface area (Å²) in [7, 11) is 0. The number of nitrogens with two attached hydrogens (primary N) is 1. The Morgan fingerprint density at radius 2 is 1.76 bits per heavy atom. The molecule has 2 rings (SSSR count). The predicted octanol–water partition coefficient (Wildman–Crippen LogP) is 2.74. The standard InChI is InChI=1S/C15H14F2N2O2/c1-8(13-10(16)5-3-6-11(13)17)19-15(21)9-4-2-7-12(18)14(9)20/h2-8,20H,18H2,1H3,(H,19,21). The first-order valence-corrected chi connectivity index (χ1v) is 6.24. The summed E-state index contributed by atoms with van der Waals surface area (Å²) in [6.07, 6.45) is 0. The van der Waals surface area contributed by atoms with Crippen molar-refractivity contribution in [2.24, 2.45) is 0 Å². The Hall–Kier alpha value is -2.63. The molecule has 0 bridgehead atoms. The Morgan fingerprint density at radius 3 is 2.38 bits per heavy atom. The summed E-state index contributed by atoms with van der Waals surface area (Å²) in [4.78, 5) is 12.1. The molecule has 0 radical (unpaired) electrons. The smallest absolute Gasteiger partial charge is 0.255 e. The van der Waals surface area contributed by atoms with E-state index < -0.39 is 23.6 Å². The van der Waals surface area contributed by atoms with Crippen LogP contribution < -0.4 is 11.1 Å². The molecule has 4 N–H and O–H groups in total. The van der Waals surface area contributed by atoms with E-state index in [4.69, 9.17) is 5.73 Å². The highest BCUT2D eigenvalue weighted by Gasteiger charge is 2.20. The Balaban J connectivity index is 2.25. The van der Waals surface area contributed by atoms with Gasteiger partial charge in [0.15, 0.2) is 5.75 Å².